The molecular formula is C15H21BrFN. The molecule has 0 bridgehead atoms. The van der Waals surface area contributed by atoms with Crippen LogP contribution in [0.5, 0.6) is 0 Å². The van der Waals surface area contributed by atoms with Crippen molar-refractivity contribution in [2.75, 3.05) is 7.05 Å². The summed E-state index contributed by atoms with van der Waals surface area (Å²) in [6, 6.07) is 5.32. The van der Waals surface area contributed by atoms with Crippen molar-refractivity contribution in [2.45, 2.75) is 45.1 Å². The van der Waals surface area contributed by atoms with Crippen molar-refractivity contribution in [1.82, 2.24) is 5.32 Å². The number of hydrogen-bond donors (Lipinski definition) is 1. The van der Waals surface area contributed by atoms with Crippen LogP contribution in [0.1, 0.15) is 50.6 Å². The molecule has 1 atom stereocenters. The third-order valence-electron chi connectivity index (χ3n) is 4.25. The molecule has 0 saturated heterocycles. The Morgan fingerprint density at radius 1 is 1.28 bits per heavy atom. The molecular weight excluding hydrogens is 293 g/mol. The zero-order chi connectivity index (χ0) is 13.2. The van der Waals surface area contributed by atoms with Crippen LogP contribution in [-0.2, 0) is 0 Å². The number of rotatable bonds is 3. The average Bonchev–Trinajstić information content (AvgIpc) is 2.35. The van der Waals surface area contributed by atoms with Gasteiger partial charge in [-0.3, -0.25) is 0 Å². The number of nitrogens with one attached hydrogen (secondary N) is 1. The molecule has 0 amide bonds. The lowest BCUT2D eigenvalue weighted by atomic mass is 9.68. The lowest BCUT2D eigenvalue weighted by Gasteiger charge is -2.41. The summed E-state index contributed by atoms with van der Waals surface area (Å²) < 4.78 is 15.0. The zero-order valence-corrected chi connectivity index (χ0v) is 12.7. The summed E-state index contributed by atoms with van der Waals surface area (Å²) in [5, 5.41) is 3.34. The summed E-state index contributed by atoms with van der Waals surface area (Å²) >= 11 is 3.44. The summed E-state index contributed by atoms with van der Waals surface area (Å²) in [5.41, 5.74) is 0.950. The van der Waals surface area contributed by atoms with Crippen LogP contribution < -0.4 is 5.32 Å². The normalized spacial score (nSPS) is 20.7. The van der Waals surface area contributed by atoms with Gasteiger partial charge in [0.1, 0.15) is 5.82 Å². The topological polar surface area (TPSA) is 12.0 Å². The lowest BCUT2D eigenvalue weighted by Crippen LogP contribution is -2.36. The molecule has 1 aliphatic rings. The first-order valence-electron chi connectivity index (χ1n) is 6.69. The van der Waals surface area contributed by atoms with Gasteiger partial charge in [0, 0.05) is 16.1 Å². The van der Waals surface area contributed by atoms with E-state index in [1.54, 1.807) is 12.1 Å². The molecule has 100 valence electrons. The molecule has 1 aliphatic carbocycles. The Morgan fingerprint density at radius 3 is 2.56 bits per heavy atom. The Kier molecular flexibility index (Phi) is 4.44. The van der Waals surface area contributed by atoms with Crippen LogP contribution in [0.2, 0.25) is 0 Å². The maximum atomic E-state index is 14.1. The molecule has 3 heteroatoms. The standard InChI is InChI=1S/C15H21BrFN/c1-15(8-4-3-5-9-15)14(18-2)12-10-11(16)6-7-13(12)17/h6-7,10,14,18H,3-5,8-9H2,1-2H3. The van der Waals surface area contributed by atoms with Crippen LogP contribution in [0.3, 0.4) is 0 Å². The van der Waals surface area contributed by atoms with Gasteiger partial charge in [-0.25, -0.2) is 4.39 Å². The maximum absolute atomic E-state index is 14.1. The fourth-order valence-corrected chi connectivity index (χ4v) is 3.64. The minimum absolute atomic E-state index is 0.0929. The molecule has 1 saturated carbocycles. The summed E-state index contributed by atoms with van der Waals surface area (Å²) in [7, 11) is 1.94. The molecule has 1 aromatic carbocycles. The SMILES string of the molecule is CNC(c1cc(Br)ccc1F)C1(C)CCCCC1. The van der Waals surface area contributed by atoms with Crippen LogP contribution in [0.25, 0.3) is 0 Å². The second-order valence-corrected chi connectivity index (χ2v) is 6.52. The minimum Gasteiger partial charge on any atom is -0.312 e. The molecule has 0 radical (unpaired) electrons. The van der Waals surface area contributed by atoms with Gasteiger partial charge < -0.3 is 5.32 Å². The Labute approximate surface area is 117 Å². The van der Waals surface area contributed by atoms with E-state index in [0.717, 1.165) is 10.0 Å². The number of halogens is 2. The van der Waals surface area contributed by atoms with Gasteiger partial charge in [0.05, 0.1) is 0 Å². The second-order valence-electron chi connectivity index (χ2n) is 5.60. The predicted octanol–water partition coefficient (Wildman–Crippen LogP) is 4.82. The molecule has 1 N–H and O–H groups in total. The molecule has 1 aromatic rings. The van der Waals surface area contributed by atoms with Gasteiger partial charge in [-0.1, -0.05) is 42.1 Å². The van der Waals surface area contributed by atoms with Gasteiger partial charge in [-0.05, 0) is 43.5 Å². The Balaban J connectivity index is 2.35. The van der Waals surface area contributed by atoms with E-state index in [9.17, 15) is 4.39 Å². The van der Waals surface area contributed by atoms with E-state index < -0.39 is 0 Å². The monoisotopic (exact) mass is 313 g/mol. The van der Waals surface area contributed by atoms with Crippen LogP contribution in [-0.4, -0.2) is 7.05 Å². The van der Waals surface area contributed by atoms with Crippen molar-refractivity contribution in [3.05, 3.63) is 34.1 Å². The van der Waals surface area contributed by atoms with E-state index in [-0.39, 0.29) is 17.3 Å². The Hall–Kier alpha value is -0.410. The summed E-state index contributed by atoms with van der Waals surface area (Å²) in [5.74, 6) is -0.107. The Morgan fingerprint density at radius 2 is 1.94 bits per heavy atom. The van der Waals surface area contributed by atoms with Crippen molar-refractivity contribution in [3.8, 4) is 0 Å². The van der Waals surface area contributed by atoms with Gasteiger partial charge in [0.15, 0.2) is 0 Å². The highest BCUT2D eigenvalue weighted by Crippen LogP contribution is 2.46. The molecule has 18 heavy (non-hydrogen) atoms. The lowest BCUT2D eigenvalue weighted by molar-refractivity contribution is 0.148. The minimum atomic E-state index is -0.107. The van der Waals surface area contributed by atoms with Gasteiger partial charge in [-0.2, -0.15) is 0 Å². The fraction of sp³-hybridized carbons (Fsp3) is 0.600. The van der Waals surface area contributed by atoms with Crippen LogP contribution in [0.4, 0.5) is 4.39 Å². The summed E-state index contributed by atoms with van der Waals surface area (Å²) in [6.45, 7) is 2.29. The average molecular weight is 314 g/mol. The molecule has 1 unspecified atom stereocenters. The smallest absolute Gasteiger partial charge is 0.128 e. The highest BCUT2D eigenvalue weighted by atomic mass is 79.9. The maximum Gasteiger partial charge on any atom is 0.128 e. The third-order valence-corrected chi connectivity index (χ3v) is 4.74. The van der Waals surface area contributed by atoms with Crippen molar-refractivity contribution < 1.29 is 4.39 Å². The molecule has 0 aliphatic heterocycles. The van der Waals surface area contributed by atoms with Gasteiger partial charge in [0.25, 0.3) is 0 Å². The number of hydrogen-bond acceptors (Lipinski definition) is 1. The first-order chi connectivity index (χ1) is 8.57. The largest absolute Gasteiger partial charge is 0.312 e. The second kappa shape index (κ2) is 5.70. The fourth-order valence-electron chi connectivity index (χ4n) is 3.26. The van der Waals surface area contributed by atoms with Crippen molar-refractivity contribution in [2.24, 2.45) is 5.41 Å². The summed E-state index contributed by atoms with van der Waals surface area (Å²) in [6.07, 6.45) is 6.16. The molecule has 0 heterocycles. The molecule has 1 nitrogen and oxygen atoms in total. The van der Waals surface area contributed by atoms with Crippen molar-refractivity contribution >= 4 is 15.9 Å². The van der Waals surface area contributed by atoms with E-state index in [4.69, 9.17) is 0 Å². The highest BCUT2D eigenvalue weighted by molar-refractivity contribution is 9.10. The van der Waals surface area contributed by atoms with E-state index in [1.165, 1.54) is 32.1 Å². The summed E-state index contributed by atoms with van der Waals surface area (Å²) in [4.78, 5) is 0. The highest BCUT2D eigenvalue weighted by Gasteiger charge is 2.36. The number of benzene rings is 1. The van der Waals surface area contributed by atoms with E-state index in [2.05, 4.69) is 28.2 Å². The molecule has 0 aromatic heterocycles. The van der Waals surface area contributed by atoms with Crippen molar-refractivity contribution in [3.63, 3.8) is 0 Å². The van der Waals surface area contributed by atoms with Crippen LogP contribution in [0, 0.1) is 11.2 Å². The van der Waals surface area contributed by atoms with Gasteiger partial charge in [0.2, 0.25) is 0 Å². The van der Waals surface area contributed by atoms with Crippen LogP contribution >= 0.6 is 15.9 Å². The quantitative estimate of drug-likeness (QED) is 0.843. The Bertz CT molecular complexity index is 413. The van der Waals surface area contributed by atoms with E-state index >= 15 is 0 Å². The molecule has 0 spiro atoms. The molecule has 2 rings (SSSR count). The molecule has 1 fully saturated rings. The van der Waals surface area contributed by atoms with Crippen molar-refractivity contribution in [1.29, 1.82) is 0 Å². The van der Waals surface area contributed by atoms with E-state index in [1.807, 2.05) is 13.1 Å². The first kappa shape index (κ1) is 14.0. The van der Waals surface area contributed by atoms with Gasteiger partial charge >= 0.3 is 0 Å². The van der Waals surface area contributed by atoms with E-state index in [0.29, 0.717) is 0 Å². The third kappa shape index (κ3) is 2.77. The van der Waals surface area contributed by atoms with Crippen LogP contribution in [0.15, 0.2) is 22.7 Å². The van der Waals surface area contributed by atoms with Gasteiger partial charge in [-0.15, -0.1) is 0 Å². The first-order valence-corrected chi connectivity index (χ1v) is 7.48. The zero-order valence-electron chi connectivity index (χ0n) is 11.1. The predicted molar refractivity (Wildman–Crippen MR) is 77.1 cm³/mol.